The first-order valence-corrected chi connectivity index (χ1v) is 12.0. The van der Waals surface area contributed by atoms with Crippen LogP contribution in [0.5, 0.6) is 0 Å². The molecule has 0 aliphatic carbocycles. The largest absolute Gasteiger partial charge is 0.317 e. The molecule has 1 fully saturated rings. The molecule has 0 bridgehead atoms. The van der Waals surface area contributed by atoms with E-state index in [4.69, 9.17) is 0 Å². The summed E-state index contributed by atoms with van der Waals surface area (Å²) in [4.78, 5) is 13.6. The Morgan fingerprint density at radius 3 is 2.45 bits per heavy atom. The summed E-state index contributed by atoms with van der Waals surface area (Å²) in [6, 6.07) is 8.93. The Hall–Kier alpha value is -2.21. The van der Waals surface area contributed by atoms with Crippen LogP contribution >= 0.6 is 11.3 Å². The Morgan fingerprint density at radius 1 is 1.17 bits per heavy atom. The summed E-state index contributed by atoms with van der Waals surface area (Å²) in [7, 11) is -3.44. The minimum atomic E-state index is -3.44. The van der Waals surface area contributed by atoms with E-state index >= 15 is 0 Å². The number of anilines is 1. The summed E-state index contributed by atoms with van der Waals surface area (Å²) in [6.45, 7) is 4.96. The molecule has 1 saturated heterocycles. The summed E-state index contributed by atoms with van der Waals surface area (Å²) in [5.41, 5.74) is 2.32. The average molecular weight is 432 g/mol. The molecule has 6 nitrogen and oxygen atoms in total. The van der Waals surface area contributed by atoms with E-state index < -0.39 is 10.0 Å². The van der Waals surface area contributed by atoms with Gasteiger partial charge < -0.3 is 5.32 Å². The van der Waals surface area contributed by atoms with Crippen molar-refractivity contribution in [3.63, 3.8) is 0 Å². The lowest BCUT2D eigenvalue weighted by molar-refractivity contribution is -0.116. The van der Waals surface area contributed by atoms with Gasteiger partial charge in [0.25, 0.3) is 0 Å². The van der Waals surface area contributed by atoms with E-state index in [1.165, 1.54) is 11.3 Å². The molecular formula is C21H25N3O3S2. The molecule has 2 heterocycles. The van der Waals surface area contributed by atoms with Crippen molar-refractivity contribution in [2.45, 2.75) is 50.8 Å². The van der Waals surface area contributed by atoms with E-state index in [2.05, 4.69) is 11.4 Å². The summed E-state index contributed by atoms with van der Waals surface area (Å²) < 4.78 is 26.9. The SMILES string of the molecule is Cc1sc(NC(=O)CCc2ccc(S(=O)(=O)N3CCCCC3)cc2)c(C#N)c1C. The zero-order valence-electron chi connectivity index (χ0n) is 16.7. The Labute approximate surface area is 176 Å². The van der Waals surface area contributed by atoms with Gasteiger partial charge in [-0.15, -0.1) is 11.3 Å². The third-order valence-corrected chi connectivity index (χ3v) is 8.30. The first-order chi connectivity index (χ1) is 13.8. The molecule has 0 unspecified atom stereocenters. The van der Waals surface area contributed by atoms with Gasteiger partial charge in [-0.2, -0.15) is 9.57 Å². The predicted molar refractivity (Wildman–Crippen MR) is 115 cm³/mol. The molecule has 1 aromatic heterocycles. The van der Waals surface area contributed by atoms with Crippen molar-refractivity contribution in [2.24, 2.45) is 0 Å². The third-order valence-electron chi connectivity index (χ3n) is 5.27. The third kappa shape index (κ3) is 4.86. The van der Waals surface area contributed by atoms with E-state index in [0.717, 1.165) is 35.3 Å². The second-order valence-corrected chi connectivity index (χ2v) is 10.4. The van der Waals surface area contributed by atoms with Crippen LogP contribution in [0, 0.1) is 25.2 Å². The number of carbonyl (C=O) groups is 1. The number of rotatable bonds is 6. The van der Waals surface area contributed by atoms with Crippen molar-refractivity contribution in [3.8, 4) is 6.07 Å². The maximum atomic E-state index is 12.7. The number of hydrogen-bond acceptors (Lipinski definition) is 5. The van der Waals surface area contributed by atoms with Crippen LogP contribution in [0.1, 0.15) is 47.3 Å². The first kappa shape index (κ1) is 21.5. The zero-order chi connectivity index (χ0) is 21.0. The molecule has 29 heavy (non-hydrogen) atoms. The highest BCUT2D eigenvalue weighted by Gasteiger charge is 2.25. The molecule has 0 atom stereocenters. The number of aryl methyl sites for hydroxylation is 2. The van der Waals surface area contributed by atoms with Gasteiger partial charge in [0.15, 0.2) is 0 Å². The van der Waals surface area contributed by atoms with Crippen LogP contribution in [0.25, 0.3) is 0 Å². The van der Waals surface area contributed by atoms with Gasteiger partial charge in [-0.05, 0) is 56.4 Å². The lowest BCUT2D eigenvalue weighted by atomic mass is 10.1. The van der Waals surface area contributed by atoms with Crippen molar-refractivity contribution >= 4 is 32.3 Å². The second kappa shape index (κ2) is 9.08. The normalized spacial score (nSPS) is 15.1. The zero-order valence-corrected chi connectivity index (χ0v) is 18.3. The van der Waals surface area contributed by atoms with Gasteiger partial charge in [-0.25, -0.2) is 8.42 Å². The topological polar surface area (TPSA) is 90.3 Å². The summed E-state index contributed by atoms with van der Waals surface area (Å²) in [5, 5.41) is 12.7. The quantitative estimate of drug-likeness (QED) is 0.749. The van der Waals surface area contributed by atoms with Gasteiger partial charge in [-0.3, -0.25) is 4.79 Å². The van der Waals surface area contributed by atoms with Gasteiger partial charge in [0, 0.05) is 24.4 Å². The van der Waals surface area contributed by atoms with Crippen molar-refractivity contribution in [2.75, 3.05) is 18.4 Å². The number of piperidine rings is 1. The minimum absolute atomic E-state index is 0.159. The Morgan fingerprint density at radius 2 is 1.83 bits per heavy atom. The van der Waals surface area contributed by atoms with E-state index in [1.807, 2.05) is 13.8 Å². The lowest BCUT2D eigenvalue weighted by Gasteiger charge is -2.25. The van der Waals surface area contributed by atoms with Crippen molar-refractivity contribution < 1.29 is 13.2 Å². The summed E-state index contributed by atoms with van der Waals surface area (Å²) in [6.07, 6.45) is 3.65. The molecule has 1 aromatic carbocycles. The van der Waals surface area contributed by atoms with E-state index in [9.17, 15) is 18.5 Å². The Bertz CT molecular complexity index is 1030. The van der Waals surface area contributed by atoms with Crippen molar-refractivity contribution in [3.05, 3.63) is 45.8 Å². The molecule has 154 valence electrons. The highest BCUT2D eigenvalue weighted by molar-refractivity contribution is 7.89. The number of thiophene rings is 1. The fourth-order valence-electron chi connectivity index (χ4n) is 3.38. The standard InChI is InChI=1S/C21H25N3O3S2/c1-15-16(2)28-21(19(15)14-22)23-20(25)11-8-17-6-9-18(10-7-17)29(26,27)24-12-4-3-5-13-24/h6-7,9-10H,3-5,8,11-13H2,1-2H3,(H,23,25). The van der Waals surface area contributed by atoms with Crippen LogP contribution in [-0.2, 0) is 21.2 Å². The van der Waals surface area contributed by atoms with Gasteiger partial charge in [0.05, 0.1) is 10.5 Å². The molecule has 8 heteroatoms. The number of benzene rings is 1. The first-order valence-electron chi connectivity index (χ1n) is 9.72. The number of carbonyl (C=O) groups excluding carboxylic acids is 1. The van der Waals surface area contributed by atoms with Crippen LogP contribution in [0.15, 0.2) is 29.2 Å². The lowest BCUT2D eigenvalue weighted by Crippen LogP contribution is -2.35. The molecule has 1 amide bonds. The van der Waals surface area contributed by atoms with Crippen molar-refractivity contribution in [1.29, 1.82) is 5.26 Å². The van der Waals surface area contributed by atoms with Gasteiger partial charge in [0.2, 0.25) is 15.9 Å². The maximum Gasteiger partial charge on any atom is 0.243 e. The second-order valence-electron chi connectivity index (χ2n) is 7.26. The van der Waals surface area contributed by atoms with E-state index in [1.54, 1.807) is 28.6 Å². The number of sulfonamides is 1. The molecular weight excluding hydrogens is 406 g/mol. The predicted octanol–water partition coefficient (Wildman–Crippen LogP) is 3.98. The van der Waals surface area contributed by atoms with Gasteiger partial charge in [-0.1, -0.05) is 18.6 Å². The Balaban J connectivity index is 1.60. The van der Waals surface area contributed by atoms with Crippen LogP contribution in [0.2, 0.25) is 0 Å². The molecule has 1 aliphatic rings. The number of nitrogens with zero attached hydrogens (tertiary/aromatic N) is 2. The van der Waals surface area contributed by atoms with Crippen LogP contribution in [0.3, 0.4) is 0 Å². The average Bonchev–Trinajstić information content (AvgIpc) is 2.99. The number of amides is 1. The molecule has 0 saturated carbocycles. The highest BCUT2D eigenvalue weighted by atomic mass is 32.2. The van der Waals surface area contributed by atoms with E-state index in [-0.39, 0.29) is 12.3 Å². The number of nitrogens with one attached hydrogen (secondary N) is 1. The number of hydrogen-bond donors (Lipinski definition) is 1. The molecule has 0 radical (unpaired) electrons. The van der Waals surface area contributed by atoms with Crippen LogP contribution in [0.4, 0.5) is 5.00 Å². The summed E-state index contributed by atoms with van der Waals surface area (Å²) in [5.74, 6) is -0.159. The summed E-state index contributed by atoms with van der Waals surface area (Å²) >= 11 is 1.41. The van der Waals surface area contributed by atoms with Gasteiger partial charge in [0.1, 0.15) is 11.1 Å². The highest BCUT2D eigenvalue weighted by Crippen LogP contribution is 2.31. The Kier molecular flexibility index (Phi) is 6.73. The van der Waals surface area contributed by atoms with Crippen molar-refractivity contribution in [1.82, 2.24) is 4.31 Å². The molecule has 1 N–H and O–H groups in total. The fraction of sp³-hybridized carbons (Fsp3) is 0.429. The molecule has 2 aromatic rings. The van der Waals surface area contributed by atoms with Crippen LogP contribution in [-0.4, -0.2) is 31.7 Å². The minimum Gasteiger partial charge on any atom is -0.317 e. The smallest absolute Gasteiger partial charge is 0.243 e. The molecule has 1 aliphatic heterocycles. The monoisotopic (exact) mass is 431 g/mol. The van der Waals surface area contributed by atoms with Gasteiger partial charge >= 0.3 is 0 Å². The fourth-order valence-corrected chi connectivity index (χ4v) is 5.92. The number of nitriles is 1. The maximum absolute atomic E-state index is 12.7. The molecule has 0 spiro atoms. The van der Waals surface area contributed by atoms with Crippen LogP contribution < -0.4 is 5.32 Å². The molecule has 3 rings (SSSR count). The van der Waals surface area contributed by atoms with E-state index in [0.29, 0.717) is 35.0 Å².